The molecule has 3 aromatic rings. The predicted molar refractivity (Wildman–Crippen MR) is 117 cm³/mol. The Hall–Kier alpha value is -1.75. The number of carbonyl (C=O) groups excluding carboxylic acids is 1. The van der Waals surface area contributed by atoms with Crippen molar-refractivity contribution in [2.24, 2.45) is 0 Å². The third-order valence-electron chi connectivity index (χ3n) is 4.22. The molecular weight excluding hydrogens is 398 g/mol. The van der Waals surface area contributed by atoms with E-state index in [0.29, 0.717) is 11.6 Å². The molecule has 3 nitrogen and oxygen atoms in total. The number of aromatic nitrogens is 1. The summed E-state index contributed by atoms with van der Waals surface area (Å²) in [6, 6.07) is 12.4. The van der Waals surface area contributed by atoms with Gasteiger partial charge in [-0.15, -0.1) is 21.0 Å². The number of hydrogen-bond donors (Lipinski definition) is 0. The zero-order chi connectivity index (χ0) is 19.6. The van der Waals surface area contributed by atoms with Gasteiger partial charge in [0.1, 0.15) is 5.82 Å². The van der Waals surface area contributed by atoms with E-state index >= 15 is 0 Å². The van der Waals surface area contributed by atoms with Crippen LogP contribution in [0, 0.1) is 12.7 Å². The van der Waals surface area contributed by atoms with Gasteiger partial charge in [0.25, 0.3) is 0 Å². The number of carbonyl (C=O) groups is 1. The molecule has 0 spiro atoms. The van der Waals surface area contributed by atoms with Crippen LogP contribution >= 0.6 is 32.3 Å². The molecule has 1 atom stereocenters. The van der Waals surface area contributed by atoms with E-state index in [2.05, 4.69) is 14.2 Å². The van der Waals surface area contributed by atoms with Gasteiger partial charge < -0.3 is 0 Å². The molecule has 0 saturated carbocycles. The van der Waals surface area contributed by atoms with Gasteiger partial charge in [0.05, 0.1) is 16.3 Å². The zero-order valence-electron chi connectivity index (χ0n) is 15.3. The van der Waals surface area contributed by atoms with Crippen molar-refractivity contribution < 1.29 is 9.18 Å². The highest BCUT2D eigenvalue weighted by Gasteiger charge is 2.17. The number of hydrogen-bond acceptors (Lipinski definition) is 4. The topological polar surface area (TPSA) is 33.2 Å². The normalized spacial score (nSPS) is 10.9. The van der Waals surface area contributed by atoms with Crippen LogP contribution in [0.5, 0.6) is 0 Å². The summed E-state index contributed by atoms with van der Waals surface area (Å²) < 4.78 is 14.6. The molecule has 0 saturated heterocycles. The lowest BCUT2D eigenvalue weighted by molar-refractivity contribution is -0.117. The average molecular weight is 418 g/mol. The molecule has 0 aliphatic heterocycles. The molecule has 0 N–H and O–H groups in total. The Balaban J connectivity index is 1.74. The molecule has 27 heavy (non-hydrogen) atoms. The molecule has 0 radical (unpaired) electrons. The molecule has 0 bridgehead atoms. The maximum atomic E-state index is 13.5. The second-order valence-corrected chi connectivity index (χ2v) is 8.81. The Labute approximate surface area is 169 Å². The number of aryl methyl sites for hydroxylation is 1. The van der Waals surface area contributed by atoms with E-state index in [4.69, 9.17) is 0 Å². The molecule has 1 amide bonds. The fourth-order valence-corrected chi connectivity index (χ4v) is 4.71. The van der Waals surface area contributed by atoms with E-state index in [1.807, 2.05) is 37.4 Å². The van der Waals surface area contributed by atoms with Crippen molar-refractivity contribution in [2.45, 2.75) is 17.6 Å². The predicted octanol–water partition coefficient (Wildman–Crippen LogP) is 4.69. The van der Waals surface area contributed by atoms with Gasteiger partial charge in [-0.2, -0.15) is 0 Å². The molecule has 1 aromatic heterocycles. The summed E-state index contributed by atoms with van der Waals surface area (Å²) in [7, 11) is 4.38. The molecule has 3 rings (SSSR count). The molecule has 0 fully saturated rings. The van der Waals surface area contributed by atoms with Crippen LogP contribution in [-0.2, 0) is 11.2 Å². The third-order valence-corrected chi connectivity index (χ3v) is 7.17. The van der Waals surface area contributed by atoms with Crippen LogP contribution in [0.15, 0.2) is 46.7 Å². The van der Waals surface area contributed by atoms with Crippen LogP contribution in [-0.4, -0.2) is 24.2 Å². The van der Waals surface area contributed by atoms with Gasteiger partial charge in [0.2, 0.25) is 5.91 Å². The highest BCUT2D eigenvalue weighted by Crippen LogP contribution is 2.32. The van der Waals surface area contributed by atoms with Crippen molar-refractivity contribution in [1.29, 1.82) is 0 Å². The van der Waals surface area contributed by atoms with Crippen molar-refractivity contribution in [3.05, 3.63) is 59.5 Å². The molecular formula is C20H20FN2OPS2. The largest absolute Gasteiger partial charge is 0.291 e. The molecule has 1 heterocycles. The minimum absolute atomic E-state index is 0.0124. The number of rotatable bonds is 5. The second kappa shape index (κ2) is 8.51. The van der Waals surface area contributed by atoms with Crippen LogP contribution in [0.3, 0.4) is 0 Å². The summed E-state index contributed by atoms with van der Waals surface area (Å²) >= 11 is 3.17. The Kier molecular flexibility index (Phi) is 6.30. The molecule has 1 unspecified atom stereocenters. The Morgan fingerprint density at radius 3 is 2.59 bits per heavy atom. The Bertz CT molecular complexity index is 973. The lowest BCUT2D eigenvalue weighted by Crippen LogP contribution is -2.27. The van der Waals surface area contributed by atoms with Crippen molar-refractivity contribution in [3.63, 3.8) is 0 Å². The lowest BCUT2D eigenvalue weighted by atomic mass is 10.0. The number of likely N-dealkylation sites (N-methyl/N-ethyl adjacent to an activating group) is 1. The Morgan fingerprint density at radius 1 is 1.26 bits per heavy atom. The van der Waals surface area contributed by atoms with Crippen LogP contribution < -0.4 is 10.2 Å². The van der Waals surface area contributed by atoms with E-state index < -0.39 is 0 Å². The van der Waals surface area contributed by atoms with E-state index in [1.54, 1.807) is 29.8 Å². The molecule has 0 aliphatic carbocycles. The summed E-state index contributed by atoms with van der Waals surface area (Å²) in [5.74, 6) is -0.276. The quantitative estimate of drug-likeness (QED) is 0.445. The summed E-state index contributed by atoms with van der Waals surface area (Å²) in [6.45, 7) is 1.95. The Morgan fingerprint density at radius 2 is 1.96 bits per heavy atom. The van der Waals surface area contributed by atoms with Crippen LogP contribution in [0.25, 0.3) is 11.1 Å². The summed E-state index contributed by atoms with van der Waals surface area (Å²) in [5.41, 5.74) is 3.62. The van der Waals surface area contributed by atoms with Crippen molar-refractivity contribution >= 4 is 48.7 Å². The number of halogens is 1. The first-order valence-corrected chi connectivity index (χ1v) is 10.9. The van der Waals surface area contributed by atoms with E-state index in [0.717, 1.165) is 31.9 Å². The minimum atomic E-state index is -0.263. The summed E-state index contributed by atoms with van der Waals surface area (Å²) in [5, 5.41) is 1.65. The van der Waals surface area contributed by atoms with Gasteiger partial charge in [-0.3, -0.25) is 9.69 Å². The number of nitrogens with zero attached hydrogens (tertiary/aromatic N) is 2. The SMILES string of the molecule is CSc1sc(N(C)C(=O)Cc2ccc(-c3cc(F)ccc3P)cc2)nc1C. The van der Waals surface area contributed by atoms with Crippen molar-refractivity contribution in [2.75, 3.05) is 18.2 Å². The number of amides is 1. The third kappa shape index (κ3) is 4.57. The van der Waals surface area contributed by atoms with E-state index in [-0.39, 0.29) is 11.7 Å². The summed E-state index contributed by atoms with van der Waals surface area (Å²) in [4.78, 5) is 18.7. The second-order valence-electron chi connectivity index (χ2n) is 6.13. The van der Waals surface area contributed by atoms with E-state index in [1.165, 1.54) is 23.5 Å². The fraction of sp³-hybridized carbons (Fsp3) is 0.200. The fourth-order valence-electron chi connectivity index (χ4n) is 2.68. The number of anilines is 1. The van der Waals surface area contributed by atoms with Crippen LogP contribution in [0.1, 0.15) is 11.3 Å². The van der Waals surface area contributed by atoms with Crippen LogP contribution in [0.4, 0.5) is 9.52 Å². The van der Waals surface area contributed by atoms with Crippen LogP contribution in [0.2, 0.25) is 0 Å². The highest BCUT2D eigenvalue weighted by atomic mass is 32.2. The van der Waals surface area contributed by atoms with Gasteiger partial charge in [0.15, 0.2) is 5.13 Å². The molecule has 0 aliphatic rings. The average Bonchev–Trinajstić information content (AvgIpc) is 3.04. The smallest absolute Gasteiger partial charge is 0.232 e. The monoisotopic (exact) mass is 418 g/mol. The highest BCUT2D eigenvalue weighted by molar-refractivity contribution is 8.00. The first kappa shape index (κ1) is 20.0. The zero-order valence-corrected chi connectivity index (χ0v) is 18.1. The number of thiazole rings is 1. The van der Waals surface area contributed by atoms with Gasteiger partial charge in [-0.1, -0.05) is 41.7 Å². The lowest BCUT2D eigenvalue weighted by Gasteiger charge is -2.14. The first-order valence-electron chi connectivity index (χ1n) is 8.31. The minimum Gasteiger partial charge on any atom is -0.291 e. The van der Waals surface area contributed by atoms with E-state index in [9.17, 15) is 9.18 Å². The van der Waals surface area contributed by atoms with Gasteiger partial charge in [-0.25, -0.2) is 9.37 Å². The number of thioether (sulfide) groups is 1. The molecule has 2 aromatic carbocycles. The van der Waals surface area contributed by atoms with Gasteiger partial charge in [-0.05, 0) is 47.3 Å². The molecule has 140 valence electrons. The van der Waals surface area contributed by atoms with Crippen molar-refractivity contribution in [3.8, 4) is 11.1 Å². The van der Waals surface area contributed by atoms with Crippen molar-refractivity contribution in [1.82, 2.24) is 4.98 Å². The first-order chi connectivity index (χ1) is 12.9. The molecule has 7 heteroatoms. The maximum absolute atomic E-state index is 13.5. The van der Waals surface area contributed by atoms with Gasteiger partial charge >= 0.3 is 0 Å². The number of benzene rings is 2. The maximum Gasteiger partial charge on any atom is 0.232 e. The standard InChI is InChI=1S/C20H20FN2OPS2/c1-12-19(26-3)27-20(22-12)23(2)18(24)10-13-4-6-14(7-5-13)16-11-15(21)8-9-17(16)25/h4-9,11H,10,25H2,1-3H3. The summed E-state index contributed by atoms with van der Waals surface area (Å²) in [6.07, 6.45) is 2.30. The van der Waals surface area contributed by atoms with Gasteiger partial charge in [0, 0.05) is 7.05 Å².